The fraction of sp³-hybridized carbons (Fsp3) is 0.538. The number of imide groups is 1. The molecule has 4 aliphatic heterocycles. The lowest BCUT2D eigenvalue weighted by molar-refractivity contribution is -0.138. The summed E-state index contributed by atoms with van der Waals surface area (Å²) in [4.78, 5) is 56.6. The second-order valence-corrected chi connectivity index (χ2v) is 14.9. The van der Waals surface area contributed by atoms with Crippen molar-refractivity contribution in [3.05, 3.63) is 71.3 Å². The van der Waals surface area contributed by atoms with Crippen LogP contribution in [0.1, 0.15) is 84.6 Å². The van der Waals surface area contributed by atoms with Crippen LogP contribution in [0.2, 0.25) is 0 Å². The summed E-state index contributed by atoms with van der Waals surface area (Å²) < 4.78 is 5.78. The third-order valence-electron chi connectivity index (χ3n) is 11.2. The molecule has 4 saturated heterocycles. The van der Waals surface area contributed by atoms with Crippen molar-refractivity contribution in [3.8, 4) is 5.75 Å². The average Bonchev–Trinajstić information content (AvgIpc) is 3.17. The summed E-state index contributed by atoms with van der Waals surface area (Å²) in [5.41, 5.74) is 8.91. The van der Waals surface area contributed by atoms with Gasteiger partial charge in [-0.3, -0.25) is 19.7 Å². The highest BCUT2D eigenvalue weighted by atomic mass is 16.5. The number of primary amides is 1. The Kier molecular flexibility index (Phi) is 11.3. The standard InChI is InChI=1S/C39H50N8O5/c40-38(50)37-32(43-35(22-42-37)47-15-1-2-28(24-47)25-48)20-26-3-5-29(6-4-26)30-13-16-45(17-14-30)23-27-11-18-46(19-12-27)34-9-7-31(21-41-34)52-33-8-10-36(49)44-39(33)51/h3-7,9,21-22,27-28,30,33,48H,1-2,8,10-20,23-25H2,(H2,40,50)(H,44,49,51)/t28-,33?/m1/s1. The molecule has 2 aromatic heterocycles. The van der Waals surface area contributed by atoms with Crippen molar-refractivity contribution in [2.24, 2.45) is 17.6 Å². The Bertz CT molecular complexity index is 1700. The van der Waals surface area contributed by atoms with Gasteiger partial charge >= 0.3 is 0 Å². The number of piperidine rings is 4. The van der Waals surface area contributed by atoms with E-state index in [0.29, 0.717) is 36.1 Å². The van der Waals surface area contributed by atoms with E-state index in [1.807, 2.05) is 12.1 Å². The molecule has 6 heterocycles. The van der Waals surface area contributed by atoms with Crippen molar-refractivity contribution in [1.82, 2.24) is 25.2 Å². The molecule has 0 saturated carbocycles. The fourth-order valence-electron chi connectivity index (χ4n) is 8.16. The van der Waals surface area contributed by atoms with E-state index in [1.165, 1.54) is 5.56 Å². The number of aliphatic hydroxyl groups excluding tert-OH is 1. The van der Waals surface area contributed by atoms with Gasteiger partial charge in [-0.05, 0) is 92.6 Å². The summed E-state index contributed by atoms with van der Waals surface area (Å²) in [6.07, 6.45) is 10.3. The van der Waals surface area contributed by atoms with Gasteiger partial charge in [-0.25, -0.2) is 15.0 Å². The third-order valence-corrected chi connectivity index (χ3v) is 11.2. The number of nitrogens with zero attached hydrogens (tertiary/aromatic N) is 6. The highest BCUT2D eigenvalue weighted by Crippen LogP contribution is 2.31. The highest BCUT2D eigenvalue weighted by molar-refractivity contribution is 5.99. The van der Waals surface area contributed by atoms with Gasteiger partial charge in [0.1, 0.15) is 23.1 Å². The van der Waals surface area contributed by atoms with Crippen molar-refractivity contribution in [2.45, 2.75) is 69.8 Å². The first-order valence-corrected chi connectivity index (χ1v) is 18.9. The molecule has 52 heavy (non-hydrogen) atoms. The lowest BCUT2D eigenvalue weighted by atomic mass is 9.87. The number of anilines is 2. The van der Waals surface area contributed by atoms with E-state index in [2.05, 4.69) is 54.2 Å². The van der Waals surface area contributed by atoms with Gasteiger partial charge in [0.25, 0.3) is 11.8 Å². The minimum atomic E-state index is -0.659. The van der Waals surface area contributed by atoms with E-state index in [4.69, 9.17) is 15.5 Å². The van der Waals surface area contributed by atoms with E-state index in [0.717, 1.165) is 102 Å². The number of amides is 3. The summed E-state index contributed by atoms with van der Waals surface area (Å²) in [5, 5.41) is 12.0. The summed E-state index contributed by atoms with van der Waals surface area (Å²) in [6, 6.07) is 12.5. The number of benzene rings is 1. The molecule has 7 rings (SSSR count). The molecule has 0 spiro atoms. The molecule has 13 nitrogen and oxygen atoms in total. The van der Waals surface area contributed by atoms with Crippen LogP contribution in [-0.2, 0) is 16.0 Å². The number of nitrogens with two attached hydrogens (primary N) is 1. The van der Waals surface area contributed by atoms with Crippen LogP contribution in [0.15, 0.2) is 48.8 Å². The van der Waals surface area contributed by atoms with Crippen LogP contribution in [0.3, 0.4) is 0 Å². The van der Waals surface area contributed by atoms with E-state index in [1.54, 1.807) is 12.4 Å². The average molecular weight is 711 g/mol. The Hall–Kier alpha value is -4.62. The molecule has 13 heteroatoms. The van der Waals surface area contributed by atoms with Crippen LogP contribution >= 0.6 is 0 Å². The molecule has 4 fully saturated rings. The predicted molar refractivity (Wildman–Crippen MR) is 196 cm³/mol. The number of likely N-dealkylation sites (tertiary alicyclic amines) is 1. The number of nitrogens with one attached hydrogen (secondary N) is 1. The van der Waals surface area contributed by atoms with Crippen LogP contribution in [-0.4, -0.2) is 101 Å². The fourth-order valence-corrected chi connectivity index (χ4v) is 8.16. The van der Waals surface area contributed by atoms with Crippen molar-refractivity contribution in [2.75, 3.05) is 62.2 Å². The van der Waals surface area contributed by atoms with E-state index >= 15 is 0 Å². The van der Waals surface area contributed by atoms with Gasteiger partial charge in [-0.1, -0.05) is 24.3 Å². The summed E-state index contributed by atoms with van der Waals surface area (Å²) in [6.45, 7) is 7.00. The zero-order valence-corrected chi connectivity index (χ0v) is 29.8. The number of aliphatic hydroxyl groups is 1. The zero-order valence-electron chi connectivity index (χ0n) is 29.8. The van der Waals surface area contributed by atoms with Gasteiger partial charge in [-0.2, -0.15) is 0 Å². The molecule has 276 valence electrons. The number of rotatable bonds is 11. The van der Waals surface area contributed by atoms with Crippen molar-refractivity contribution in [3.63, 3.8) is 0 Å². The summed E-state index contributed by atoms with van der Waals surface area (Å²) >= 11 is 0. The Morgan fingerprint density at radius 3 is 2.35 bits per heavy atom. The Labute approximate surface area is 305 Å². The minimum Gasteiger partial charge on any atom is -0.479 e. The highest BCUT2D eigenvalue weighted by Gasteiger charge is 2.29. The van der Waals surface area contributed by atoms with Gasteiger partial charge < -0.3 is 30.3 Å². The molecule has 3 amide bonds. The maximum absolute atomic E-state index is 12.2. The van der Waals surface area contributed by atoms with Crippen LogP contribution < -0.4 is 25.6 Å². The molecule has 2 atom stereocenters. The lowest BCUT2D eigenvalue weighted by Crippen LogP contribution is -2.46. The number of hydrogen-bond donors (Lipinski definition) is 3. The Morgan fingerprint density at radius 2 is 1.65 bits per heavy atom. The van der Waals surface area contributed by atoms with Gasteiger partial charge in [0.2, 0.25) is 5.91 Å². The quantitative estimate of drug-likeness (QED) is 0.250. The first-order chi connectivity index (χ1) is 25.3. The third kappa shape index (κ3) is 8.70. The number of pyridine rings is 1. The second kappa shape index (κ2) is 16.4. The largest absolute Gasteiger partial charge is 0.479 e. The van der Waals surface area contributed by atoms with Gasteiger partial charge in [0.05, 0.1) is 18.1 Å². The van der Waals surface area contributed by atoms with Gasteiger partial charge in [0.15, 0.2) is 6.10 Å². The normalized spacial score (nSPS) is 22.3. The van der Waals surface area contributed by atoms with Crippen LogP contribution in [0, 0.1) is 11.8 Å². The zero-order chi connectivity index (χ0) is 36.0. The number of ether oxygens (including phenoxy) is 1. The molecule has 1 aromatic carbocycles. The van der Waals surface area contributed by atoms with E-state index in [-0.39, 0.29) is 36.5 Å². The first kappa shape index (κ1) is 35.8. The van der Waals surface area contributed by atoms with Crippen molar-refractivity contribution in [1.29, 1.82) is 0 Å². The maximum Gasteiger partial charge on any atom is 0.269 e. The second-order valence-electron chi connectivity index (χ2n) is 14.9. The van der Waals surface area contributed by atoms with Crippen LogP contribution in [0.4, 0.5) is 11.6 Å². The monoisotopic (exact) mass is 710 g/mol. The van der Waals surface area contributed by atoms with E-state index < -0.39 is 12.0 Å². The Balaban J connectivity index is 0.859. The molecule has 4 N–H and O–H groups in total. The van der Waals surface area contributed by atoms with E-state index in [9.17, 15) is 19.5 Å². The number of carbonyl (C=O) groups is 3. The van der Waals surface area contributed by atoms with Gasteiger partial charge in [-0.15, -0.1) is 0 Å². The van der Waals surface area contributed by atoms with Gasteiger partial charge in [0, 0.05) is 58.6 Å². The number of carbonyl (C=O) groups excluding carboxylic acids is 3. The number of hydrogen-bond acceptors (Lipinski definition) is 11. The number of aromatic nitrogens is 3. The molecule has 0 radical (unpaired) electrons. The SMILES string of the molecule is NC(=O)c1ncc(N2CCC[C@@H](CO)C2)nc1Cc1ccc(C2CCN(CC3CCN(c4ccc(OC5CCC(=O)NC5=O)cn4)CC3)CC2)cc1. The molecule has 0 aliphatic carbocycles. The molecule has 4 aliphatic rings. The Morgan fingerprint density at radius 1 is 0.865 bits per heavy atom. The smallest absolute Gasteiger partial charge is 0.269 e. The first-order valence-electron chi connectivity index (χ1n) is 18.9. The predicted octanol–water partition coefficient (Wildman–Crippen LogP) is 3.05. The van der Waals surface area contributed by atoms with Crippen LogP contribution in [0.25, 0.3) is 0 Å². The maximum atomic E-state index is 12.2. The molecule has 3 aromatic rings. The molecule has 1 unspecified atom stereocenters. The molecular weight excluding hydrogens is 660 g/mol. The lowest BCUT2D eigenvalue weighted by Gasteiger charge is -2.38. The topological polar surface area (TPSA) is 167 Å². The summed E-state index contributed by atoms with van der Waals surface area (Å²) in [5.74, 6) is 2.39. The van der Waals surface area contributed by atoms with Crippen molar-refractivity contribution >= 4 is 29.4 Å². The molecule has 0 bridgehead atoms. The summed E-state index contributed by atoms with van der Waals surface area (Å²) in [7, 11) is 0. The van der Waals surface area contributed by atoms with Crippen molar-refractivity contribution < 1.29 is 24.2 Å². The molecular formula is C39H50N8O5. The minimum absolute atomic E-state index is 0.159. The van der Waals surface area contributed by atoms with Crippen LogP contribution in [0.5, 0.6) is 5.75 Å².